The van der Waals surface area contributed by atoms with E-state index >= 15 is 0 Å². The molecule has 0 atom stereocenters. The Labute approximate surface area is 216 Å². The second-order valence-electron chi connectivity index (χ2n) is 9.95. The molecule has 0 radical (unpaired) electrons. The summed E-state index contributed by atoms with van der Waals surface area (Å²) in [5.74, 6) is 0.473. The van der Waals surface area contributed by atoms with Gasteiger partial charge in [-0.2, -0.15) is 5.10 Å². The first-order valence-electron chi connectivity index (χ1n) is 12.8. The normalized spacial score (nSPS) is 14.9. The van der Waals surface area contributed by atoms with Crippen molar-refractivity contribution in [2.45, 2.75) is 51.9 Å². The van der Waals surface area contributed by atoms with Crippen molar-refractivity contribution >= 4 is 16.6 Å². The SMILES string of the molecule is CC(C)N1CCC(Oc2cc(C(=O)Cc3cc4cc(-c5cnn(C)c5CO)ccc4cn3)ccn2)CC1. The standard InChI is InChI=1S/C29H33N5O3/c1-19(2)34-10-7-25(8-11-34)37-29-14-21(6-9-30-29)28(36)15-24-13-23-12-20(4-5-22(23)16-31-24)26-17-32-33(3)27(26)18-35/h4-6,9,12-14,16-17,19,25,35H,7-8,10-11,15,18H2,1-3H3. The molecule has 0 saturated carbocycles. The van der Waals surface area contributed by atoms with Gasteiger partial charge in [-0.05, 0) is 55.8 Å². The fourth-order valence-electron chi connectivity index (χ4n) is 4.94. The topological polar surface area (TPSA) is 93.4 Å². The lowest BCUT2D eigenvalue weighted by Crippen LogP contribution is -2.41. The molecule has 8 heteroatoms. The van der Waals surface area contributed by atoms with Crippen LogP contribution in [0.1, 0.15) is 48.4 Å². The van der Waals surface area contributed by atoms with Crippen LogP contribution in [0.15, 0.2) is 55.0 Å². The molecule has 4 heterocycles. The van der Waals surface area contributed by atoms with Crippen molar-refractivity contribution in [1.29, 1.82) is 0 Å². The van der Waals surface area contributed by atoms with Crippen LogP contribution in [-0.2, 0) is 20.1 Å². The molecule has 1 fully saturated rings. The minimum atomic E-state index is -0.0886. The molecule has 8 nitrogen and oxygen atoms in total. The van der Waals surface area contributed by atoms with Crippen LogP contribution in [0.2, 0.25) is 0 Å². The molecule has 5 rings (SSSR count). The number of aliphatic hydroxyl groups is 1. The number of aromatic nitrogens is 4. The molecule has 192 valence electrons. The smallest absolute Gasteiger partial charge is 0.214 e. The van der Waals surface area contributed by atoms with Gasteiger partial charge < -0.3 is 14.7 Å². The van der Waals surface area contributed by atoms with Gasteiger partial charge in [-0.3, -0.25) is 14.5 Å². The lowest BCUT2D eigenvalue weighted by molar-refractivity contribution is 0.0809. The summed E-state index contributed by atoms with van der Waals surface area (Å²) < 4.78 is 7.81. The van der Waals surface area contributed by atoms with Gasteiger partial charge in [-0.25, -0.2) is 4.98 Å². The van der Waals surface area contributed by atoms with Crippen molar-refractivity contribution in [2.75, 3.05) is 13.1 Å². The van der Waals surface area contributed by atoms with Gasteiger partial charge in [-0.1, -0.05) is 12.1 Å². The number of pyridine rings is 2. The number of hydrogen-bond acceptors (Lipinski definition) is 7. The summed E-state index contributed by atoms with van der Waals surface area (Å²) in [6, 6.07) is 12.0. The molecule has 1 saturated heterocycles. The predicted octanol–water partition coefficient (Wildman–Crippen LogP) is 4.20. The van der Waals surface area contributed by atoms with Crippen molar-refractivity contribution in [3.8, 4) is 17.0 Å². The zero-order valence-corrected chi connectivity index (χ0v) is 21.6. The summed E-state index contributed by atoms with van der Waals surface area (Å²) in [5, 5.41) is 16.0. The van der Waals surface area contributed by atoms with E-state index in [9.17, 15) is 9.90 Å². The molecule has 0 unspecified atom stereocenters. The molecule has 1 aliphatic heterocycles. The van der Waals surface area contributed by atoms with E-state index in [1.54, 1.807) is 35.4 Å². The van der Waals surface area contributed by atoms with Crippen LogP contribution in [0.5, 0.6) is 5.88 Å². The quantitative estimate of drug-likeness (QED) is 0.363. The van der Waals surface area contributed by atoms with Gasteiger partial charge in [0, 0.05) is 66.8 Å². The first-order chi connectivity index (χ1) is 17.9. The number of rotatable bonds is 8. The van der Waals surface area contributed by atoms with E-state index < -0.39 is 0 Å². The third kappa shape index (κ3) is 5.55. The summed E-state index contributed by atoms with van der Waals surface area (Å²) in [5.41, 5.74) is 3.88. The van der Waals surface area contributed by atoms with Crippen LogP contribution >= 0.6 is 0 Å². The molecule has 1 aromatic carbocycles. The Kier molecular flexibility index (Phi) is 7.30. The van der Waals surface area contributed by atoms with E-state index in [1.165, 1.54) is 0 Å². The molecular formula is C29H33N5O3. The van der Waals surface area contributed by atoms with Crippen LogP contribution in [-0.4, -0.2) is 60.8 Å². The molecule has 0 aliphatic carbocycles. The number of carbonyl (C=O) groups excluding carboxylic acids is 1. The van der Waals surface area contributed by atoms with Crippen LogP contribution < -0.4 is 4.74 Å². The summed E-state index contributed by atoms with van der Waals surface area (Å²) in [7, 11) is 1.81. The zero-order valence-electron chi connectivity index (χ0n) is 21.6. The number of likely N-dealkylation sites (tertiary alicyclic amines) is 1. The van der Waals surface area contributed by atoms with E-state index in [2.05, 4.69) is 33.8 Å². The number of aliphatic hydroxyl groups excluding tert-OH is 1. The van der Waals surface area contributed by atoms with E-state index in [-0.39, 0.29) is 24.9 Å². The van der Waals surface area contributed by atoms with Crippen molar-refractivity contribution in [1.82, 2.24) is 24.6 Å². The molecular weight excluding hydrogens is 466 g/mol. The number of carbonyl (C=O) groups is 1. The Morgan fingerprint density at radius 1 is 1.08 bits per heavy atom. The minimum Gasteiger partial charge on any atom is -0.474 e. The molecule has 37 heavy (non-hydrogen) atoms. The van der Waals surface area contributed by atoms with Gasteiger partial charge in [-0.15, -0.1) is 0 Å². The van der Waals surface area contributed by atoms with E-state index in [1.807, 2.05) is 31.3 Å². The zero-order chi connectivity index (χ0) is 25.9. The van der Waals surface area contributed by atoms with Gasteiger partial charge >= 0.3 is 0 Å². The number of benzene rings is 1. The van der Waals surface area contributed by atoms with Crippen molar-refractivity contribution < 1.29 is 14.6 Å². The lowest BCUT2D eigenvalue weighted by Gasteiger charge is -2.34. The number of nitrogens with zero attached hydrogens (tertiary/aromatic N) is 5. The van der Waals surface area contributed by atoms with Crippen LogP contribution in [0.25, 0.3) is 21.9 Å². The Morgan fingerprint density at radius 2 is 1.89 bits per heavy atom. The number of ether oxygens (including phenoxy) is 1. The Bertz CT molecular complexity index is 1410. The molecule has 3 aromatic heterocycles. The molecule has 0 spiro atoms. The van der Waals surface area contributed by atoms with Crippen molar-refractivity contribution in [2.24, 2.45) is 7.05 Å². The average Bonchev–Trinajstić information content (AvgIpc) is 3.29. The summed E-state index contributed by atoms with van der Waals surface area (Å²) in [6.07, 6.45) is 7.41. The number of hydrogen-bond donors (Lipinski definition) is 1. The third-order valence-corrected chi connectivity index (χ3v) is 7.19. The van der Waals surface area contributed by atoms with E-state index in [0.717, 1.165) is 53.5 Å². The Hall–Kier alpha value is -3.62. The molecule has 0 amide bonds. The lowest BCUT2D eigenvalue weighted by atomic mass is 10.0. The first-order valence-corrected chi connectivity index (χ1v) is 12.8. The third-order valence-electron chi connectivity index (χ3n) is 7.19. The maximum absolute atomic E-state index is 13.1. The molecule has 1 aliphatic rings. The van der Waals surface area contributed by atoms with Crippen molar-refractivity contribution in [3.05, 3.63) is 71.9 Å². The first kappa shape index (κ1) is 25.0. The van der Waals surface area contributed by atoms with Crippen LogP contribution in [0.3, 0.4) is 0 Å². The van der Waals surface area contributed by atoms with Gasteiger partial charge in [0.15, 0.2) is 5.78 Å². The Morgan fingerprint density at radius 3 is 2.65 bits per heavy atom. The van der Waals surface area contributed by atoms with Gasteiger partial charge in [0.05, 0.1) is 24.9 Å². The Balaban J connectivity index is 1.29. The highest BCUT2D eigenvalue weighted by Crippen LogP contribution is 2.28. The fourth-order valence-corrected chi connectivity index (χ4v) is 4.94. The molecule has 0 bridgehead atoms. The summed E-state index contributed by atoms with van der Waals surface area (Å²) in [6.45, 7) is 6.37. The maximum Gasteiger partial charge on any atom is 0.214 e. The molecule has 1 N–H and O–H groups in total. The van der Waals surface area contributed by atoms with Gasteiger partial charge in [0.2, 0.25) is 5.88 Å². The highest BCUT2D eigenvalue weighted by atomic mass is 16.5. The number of aryl methyl sites for hydroxylation is 1. The van der Waals surface area contributed by atoms with Crippen LogP contribution in [0, 0.1) is 0 Å². The number of ketones is 1. The number of Topliss-reactive ketones (excluding diaryl/α,β-unsaturated/α-hetero) is 1. The largest absolute Gasteiger partial charge is 0.474 e. The maximum atomic E-state index is 13.1. The van der Waals surface area contributed by atoms with Gasteiger partial charge in [0.1, 0.15) is 6.10 Å². The van der Waals surface area contributed by atoms with Crippen molar-refractivity contribution in [3.63, 3.8) is 0 Å². The second-order valence-corrected chi connectivity index (χ2v) is 9.95. The summed E-state index contributed by atoms with van der Waals surface area (Å²) >= 11 is 0. The van der Waals surface area contributed by atoms with Crippen LogP contribution in [0.4, 0.5) is 0 Å². The van der Waals surface area contributed by atoms with E-state index in [4.69, 9.17) is 4.74 Å². The number of piperidine rings is 1. The van der Waals surface area contributed by atoms with Gasteiger partial charge in [0.25, 0.3) is 0 Å². The molecule has 4 aromatic rings. The monoisotopic (exact) mass is 499 g/mol. The second kappa shape index (κ2) is 10.8. The average molecular weight is 500 g/mol. The van der Waals surface area contributed by atoms with E-state index in [0.29, 0.717) is 23.2 Å². The highest BCUT2D eigenvalue weighted by molar-refractivity contribution is 5.98. The predicted molar refractivity (Wildman–Crippen MR) is 142 cm³/mol. The number of fused-ring (bicyclic) bond motifs is 1. The summed E-state index contributed by atoms with van der Waals surface area (Å²) in [4.78, 5) is 24.4. The highest BCUT2D eigenvalue weighted by Gasteiger charge is 2.22. The minimum absolute atomic E-state index is 0.0280. The fraction of sp³-hybridized carbons (Fsp3) is 0.379.